The second-order valence-electron chi connectivity index (χ2n) is 6.78. The van der Waals surface area contributed by atoms with Gasteiger partial charge in [-0.05, 0) is 25.8 Å². The third-order valence-corrected chi connectivity index (χ3v) is 5.00. The van der Waals surface area contributed by atoms with Crippen molar-refractivity contribution >= 4 is 17.7 Å². The van der Waals surface area contributed by atoms with Gasteiger partial charge in [-0.1, -0.05) is 24.9 Å². The van der Waals surface area contributed by atoms with Crippen molar-refractivity contribution in [1.82, 2.24) is 19.8 Å². The molecule has 7 heteroatoms. The molecule has 0 radical (unpaired) electrons. The number of H-pyrrole nitrogens is 1. The molecule has 1 aromatic heterocycles. The number of halogens is 1. The molecule has 3 heterocycles. The number of likely N-dealkylation sites (N-methyl/N-ethyl adjacent to an activating group) is 1. The van der Waals surface area contributed by atoms with Crippen molar-refractivity contribution in [1.29, 1.82) is 0 Å². The van der Waals surface area contributed by atoms with Crippen LogP contribution < -0.4 is 0 Å². The molecule has 0 bridgehead atoms. The fourth-order valence-corrected chi connectivity index (χ4v) is 3.77. The van der Waals surface area contributed by atoms with E-state index in [1.807, 2.05) is 0 Å². The molecule has 2 aliphatic heterocycles. The van der Waals surface area contributed by atoms with Crippen LogP contribution in [-0.2, 0) is 17.7 Å². The number of nitrogens with one attached hydrogen (secondary N) is 1. The second-order valence-corrected chi connectivity index (χ2v) is 7.14. The molecule has 1 N–H and O–H groups in total. The first kappa shape index (κ1) is 16.6. The van der Waals surface area contributed by atoms with E-state index in [1.54, 1.807) is 11.9 Å². The molecule has 1 unspecified atom stereocenters. The first-order valence-corrected chi connectivity index (χ1v) is 8.79. The Morgan fingerprint density at radius 3 is 2.96 bits per heavy atom. The van der Waals surface area contributed by atoms with Gasteiger partial charge in [0.2, 0.25) is 0 Å². The summed E-state index contributed by atoms with van der Waals surface area (Å²) >= 11 is 6.28. The molecule has 0 aliphatic carbocycles. The standard InChI is InChI=1S/C16H25ClN4O2/c1-3-4-6-13-18-12(14(17)19-13)9-21-8-5-7-16(11-21)10-20(2)15(22)23-16/h3-11H2,1-2H3,(H,18,19). The minimum absolute atomic E-state index is 0.215. The van der Waals surface area contributed by atoms with Gasteiger partial charge < -0.3 is 14.6 Å². The van der Waals surface area contributed by atoms with Crippen molar-refractivity contribution < 1.29 is 9.53 Å². The van der Waals surface area contributed by atoms with Crippen LogP contribution in [-0.4, -0.2) is 58.1 Å². The zero-order valence-electron chi connectivity index (χ0n) is 13.9. The number of amides is 1. The molecule has 2 saturated heterocycles. The minimum atomic E-state index is -0.360. The van der Waals surface area contributed by atoms with Crippen LogP contribution in [0.5, 0.6) is 0 Å². The van der Waals surface area contributed by atoms with E-state index in [-0.39, 0.29) is 11.7 Å². The van der Waals surface area contributed by atoms with Crippen molar-refractivity contribution in [2.75, 3.05) is 26.7 Å². The van der Waals surface area contributed by atoms with Gasteiger partial charge in [0.15, 0.2) is 5.15 Å². The van der Waals surface area contributed by atoms with Crippen molar-refractivity contribution in [3.05, 3.63) is 16.7 Å². The molecule has 128 valence electrons. The maximum Gasteiger partial charge on any atom is 0.410 e. The fourth-order valence-electron chi connectivity index (χ4n) is 3.56. The first-order valence-electron chi connectivity index (χ1n) is 8.41. The summed E-state index contributed by atoms with van der Waals surface area (Å²) in [7, 11) is 1.79. The summed E-state index contributed by atoms with van der Waals surface area (Å²) in [5.41, 5.74) is 0.606. The molecule has 0 aromatic carbocycles. The van der Waals surface area contributed by atoms with Crippen LogP contribution >= 0.6 is 11.6 Å². The van der Waals surface area contributed by atoms with Gasteiger partial charge in [0, 0.05) is 26.6 Å². The summed E-state index contributed by atoms with van der Waals surface area (Å²) < 4.78 is 5.65. The Bertz CT molecular complexity index is 576. The van der Waals surface area contributed by atoms with Gasteiger partial charge in [-0.15, -0.1) is 0 Å². The Morgan fingerprint density at radius 1 is 1.43 bits per heavy atom. The molecule has 1 aromatic rings. The molecule has 1 amide bonds. The zero-order chi connectivity index (χ0) is 16.4. The normalized spacial score (nSPS) is 25.3. The highest BCUT2D eigenvalue weighted by atomic mass is 35.5. The molecule has 1 atom stereocenters. The van der Waals surface area contributed by atoms with Crippen molar-refractivity contribution in [2.24, 2.45) is 0 Å². The Hall–Kier alpha value is -1.27. The van der Waals surface area contributed by atoms with Crippen LogP contribution in [0.15, 0.2) is 0 Å². The highest BCUT2D eigenvalue weighted by Crippen LogP contribution is 2.32. The number of carbonyl (C=O) groups is 1. The summed E-state index contributed by atoms with van der Waals surface area (Å²) in [6.07, 6.45) is 4.92. The molecule has 1 spiro atoms. The van der Waals surface area contributed by atoms with Gasteiger partial charge in [0.05, 0.1) is 12.2 Å². The Morgan fingerprint density at radius 2 is 2.26 bits per heavy atom. The average molecular weight is 341 g/mol. The SMILES string of the molecule is CCCCc1nc(Cl)c(CN2CCCC3(C2)CN(C)C(=O)O3)[nH]1. The number of ether oxygens (including phenoxy) is 1. The molecule has 2 aliphatic rings. The number of piperidine rings is 1. The van der Waals surface area contributed by atoms with E-state index < -0.39 is 0 Å². The lowest BCUT2D eigenvalue weighted by molar-refractivity contribution is -0.0116. The lowest BCUT2D eigenvalue weighted by Crippen LogP contribution is -2.50. The number of likely N-dealkylation sites (tertiary alicyclic amines) is 1. The third kappa shape index (κ3) is 3.63. The lowest BCUT2D eigenvalue weighted by Gasteiger charge is -2.38. The number of hydrogen-bond donors (Lipinski definition) is 1. The van der Waals surface area contributed by atoms with Gasteiger partial charge in [-0.3, -0.25) is 4.90 Å². The predicted molar refractivity (Wildman–Crippen MR) is 88.6 cm³/mol. The largest absolute Gasteiger partial charge is 0.440 e. The van der Waals surface area contributed by atoms with Crippen molar-refractivity contribution in [3.63, 3.8) is 0 Å². The van der Waals surface area contributed by atoms with E-state index in [9.17, 15) is 4.79 Å². The lowest BCUT2D eigenvalue weighted by atomic mass is 9.93. The smallest absolute Gasteiger partial charge is 0.410 e. The predicted octanol–water partition coefficient (Wildman–Crippen LogP) is 2.82. The number of imidazole rings is 1. The maximum atomic E-state index is 11.7. The highest BCUT2D eigenvalue weighted by molar-refractivity contribution is 6.30. The van der Waals surface area contributed by atoms with Crippen LogP contribution in [0.25, 0.3) is 0 Å². The first-order chi connectivity index (χ1) is 11.0. The van der Waals surface area contributed by atoms with Gasteiger partial charge in [0.1, 0.15) is 11.4 Å². The van der Waals surface area contributed by atoms with E-state index in [0.717, 1.165) is 63.3 Å². The van der Waals surface area contributed by atoms with Gasteiger partial charge in [-0.2, -0.15) is 0 Å². The third-order valence-electron chi connectivity index (χ3n) is 4.69. The van der Waals surface area contributed by atoms with Crippen LogP contribution in [0.3, 0.4) is 0 Å². The van der Waals surface area contributed by atoms with Crippen LogP contribution in [0.1, 0.15) is 44.1 Å². The second kappa shape index (κ2) is 6.69. The van der Waals surface area contributed by atoms with E-state index in [0.29, 0.717) is 11.7 Å². The summed E-state index contributed by atoms with van der Waals surface area (Å²) in [4.78, 5) is 23.5. The number of hydrogen-bond acceptors (Lipinski definition) is 4. The van der Waals surface area contributed by atoms with Crippen molar-refractivity contribution in [3.8, 4) is 0 Å². The number of aromatic amines is 1. The number of unbranched alkanes of at least 4 members (excludes halogenated alkanes) is 1. The number of nitrogens with zero attached hydrogens (tertiary/aromatic N) is 3. The van der Waals surface area contributed by atoms with E-state index in [1.165, 1.54) is 0 Å². The molecular formula is C16H25ClN4O2. The average Bonchev–Trinajstić information content (AvgIpc) is 2.97. The van der Waals surface area contributed by atoms with Crippen LogP contribution in [0, 0.1) is 0 Å². The molecule has 23 heavy (non-hydrogen) atoms. The Balaban J connectivity index is 1.64. The summed E-state index contributed by atoms with van der Waals surface area (Å²) in [5.74, 6) is 0.964. The number of rotatable bonds is 5. The Kier molecular flexibility index (Phi) is 4.82. The fraction of sp³-hybridized carbons (Fsp3) is 0.750. The molecule has 3 rings (SSSR count). The summed E-state index contributed by atoms with van der Waals surface area (Å²) in [6, 6.07) is 0. The number of aryl methyl sites for hydroxylation is 1. The topological polar surface area (TPSA) is 61.5 Å². The molecule has 6 nitrogen and oxygen atoms in total. The van der Waals surface area contributed by atoms with Gasteiger partial charge in [-0.25, -0.2) is 9.78 Å². The van der Waals surface area contributed by atoms with Gasteiger partial charge >= 0.3 is 6.09 Å². The highest BCUT2D eigenvalue weighted by Gasteiger charge is 2.46. The van der Waals surface area contributed by atoms with Crippen LogP contribution in [0.2, 0.25) is 5.15 Å². The molecular weight excluding hydrogens is 316 g/mol. The van der Waals surface area contributed by atoms with Gasteiger partial charge in [0.25, 0.3) is 0 Å². The molecule has 0 saturated carbocycles. The quantitative estimate of drug-likeness (QED) is 0.895. The minimum Gasteiger partial charge on any atom is -0.440 e. The van der Waals surface area contributed by atoms with E-state index in [4.69, 9.17) is 16.3 Å². The number of aromatic nitrogens is 2. The van der Waals surface area contributed by atoms with Crippen LogP contribution in [0.4, 0.5) is 4.79 Å². The summed E-state index contributed by atoms with van der Waals surface area (Å²) in [5, 5.41) is 0.566. The summed E-state index contributed by atoms with van der Waals surface area (Å²) in [6.45, 7) is 5.30. The van der Waals surface area contributed by atoms with E-state index in [2.05, 4.69) is 21.8 Å². The van der Waals surface area contributed by atoms with E-state index >= 15 is 0 Å². The maximum absolute atomic E-state index is 11.7. The Labute approximate surface area is 142 Å². The van der Waals surface area contributed by atoms with Crippen molar-refractivity contribution in [2.45, 2.75) is 51.2 Å². The monoisotopic (exact) mass is 340 g/mol. The zero-order valence-corrected chi connectivity index (χ0v) is 14.7. The molecule has 2 fully saturated rings. The number of carbonyl (C=O) groups excluding carboxylic acids is 1.